The van der Waals surface area contributed by atoms with Gasteiger partial charge in [-0.25, -0.2) is 8.42 Å². The smallest absolute Gasteiger partial charge is 0.199 e. The SMILES string of the molecule is [2H]C1=C(C([2H])([2H])SS(C)(=O)=O)C(C([2H])([2H])[2H])(C([2H])([2H])[2H])N([O-])C1(C([2H])([2H])[2H])C([2H])([2H])[2H]. The van der Waals surface area contributed by atoms with Crippen LogP contribution in [0.4, 0.5) is 0 Å². The van der Waals surface area contributed by atoms with Crippen molar-refractivity contribution in [1.29, 1.82) is 0 Å². The Morgan fingerprint density at radius 1 is 1.62 bits per heavy atom. The molecule has 0 aliphatic carbocycles. The van der Waals surface area contributed by atoms with Crippen LogP contribution in [0, 0.1) is 5.21 Å². The standard InChI is InChI=1S/C10H18NO3S2/c1-9(2)6-8(7-15-16(5,13)14)10(3,4)11(9)12/h6H,7H2,1-5H3/q-1/i1D3,2D3,3D3,4D3,6D,7D2. The van der Waals surface area contributed by atoms with Crippen LogP contribution in [0.15, 0.2) is 11.6 Å². The lowest BCUT2D eigenvalue weighted by atomic mass is 9.98. The van der Waals surface area contributed by atoms with Crippen molar-refractivity contribution in [2.75, 3.05) is 12.0 Å². The monoisotopic (exact) mass is 279 g/mol. The maximum atomic E-state index is 13.4. The second-order valence-electron chi connectivity index (χ2n) is 3.10. The van der Waals surface area contributed by atoms with Crippen LogP contribution in [0.5, 0.6) is 0 Å². The van der Waals surface area contributed by atoms with Crippen LogP contribution in [0.3, 0.4) is 0 Å². The van der Waals surface area contributed by atoms with E-state index >= 15 is 0 Å². The minimum Gasteiger partial charge on any atom is -0.784 e. The first-order chi connectivity index (χ1) is 13.1. The fourth-order valence-corrected chi connectivity index (χ4v) is 2.03. The maximum absolute atomic E-state index is 13.4. The first kappa shape index (κ1) is 3.73. The lowest BCUT2D eigenvalue weighted by molar-refractivity contribution is 0.159. The number of rotatable bonds is 3. The van der Waals surface area contributed by atoms with E-state index < -0.39 is 80.5 Å². The van der Waals surface area contributed by atoms with E-state index in [1.807, 2.05) is 0 Å². The third-order valence-corrected chi connectivity index (χ3v) is 3.32. The van der Waals surface area contributed by atoms with Gasteiger partial charge in [-0.05, 0) is 43.8 Å². The Morgan fingerprint density at radius 2 is 2.25 bits per heavy atom. The molecule has 16 heavy (non-hydrogen) atoms. The van der Waals surface area contributed by atoms with E-state index in [-0.39, 0.29) is 0 Å². The van der Waals surface area contributed by atoms with Crippen molar-refractivity contribution < 1.29 is 29.0 Å². The normalized spacial score (nSPS) is 43.0. The molecule has 0 radical (unpaired) electrons. The molecule has 6 heteroatoms. The fraction of sp³-hybridized carbons (Fsp3) is 0.800. The Balaban J connectivity index is 4.48. The van der Waals surface area contributed by atoms with Crippen LogP contribution in [-0.4, -0.2) is 36.5 Å². The molecule has 0 aromatic carbocycles. The predicted octanol–water partition coefficient (Wildman–Crippen LogP) is 1.98. The van der Waals surface area contributed by atoms with Crippen LogP contribution in [0.1, 0.15) is 48.0 Å². The minimum absolute atomic E-state index is 0.455. The van der Waals surface area contributed by atoms with E-state index in [4.69, 9.17) is 20.6 Å². The summed E-state index contributed by atoms with van der Waals surface area (Å²) in [7, 11) is -5.14. The van der Waals surface area contributed by atoms with Gasteiger partial charge in [0.2, 0.25) is 0 Å². The highest BCUT2D eigenvalue weighted by atomic mass is 33.1. The summed E-state index contributed by atoms with van der Waals surface area (Å²) in [6.45, 7) is -16.3. The zero-order chi connectivity index (χ0) is 25.4. The van der Waals surface area contributed by atoms with E-state index in [1.165, 1.54) is 0 Å². The first-order valence-corrected chi connectivity index (χ1v) is 6.97. The minimum atomic E-state index is -4.45. The van der Waals surface area contributed by atoms with E-state index in [2.05, 4.69) is 0 Å². The molecule has 0 N–H and O–H groups in total. The molecule has 0 saturated carbocycles. The lowest BCUT2D eigenvalue weighted by Crippen LogP contribution is -2.46. The number of nitrogens with zero attached hydrogens (tertiary/aromatic N) is 1. The Labute approximate surface area is 122 Å². The first-order valence-electron chi connectivity index (χ1n) is 11.2. The molecule has 1 heterocycles. The van der Waals surface area contributed by atoms with Crippen molar-refractivity contribution in [3.63, 3.8) is 0 Å². The Hall–Kier alpha value is -0.0400. The van der Waals surface area contributed by atoms with Gasteiger partial charge in [-0.1, -0.05) is 6.05 Å². The number of hydroxylamine groups is 2. The summed E-state index contributed by atoms with van der Waals surface area (Å²) in [5.41, 5.74) is -13.9. The molecule has 0 aromatic heterocycles. The maximum Gasteiger partial charge on any atom is 0.199 e. The van der Waals surface area contributed by atoms with E-state index in [9.17, 15) is 13.6 Å². The van der Waals surface area contributed by atoms with E-state index in [0.717, 1.165) is 0 Å². The van der Waals surface area contributed by atoms with Gasteiger partial charge in [-0.15, -0.1) is 0 Å². The average molecular weight is 279 g/mol. The van der Waals surface area contributed by atoms with Gasteiger partial charge < -0.3 is 10.3 Å². The van der Waals surface area contributed by atoms with Crippen molar-refractivity contribution in [3.8, 4) is 0 Å². The molecule has 1 aliphatic rings. The lowest BCUT2D eigenvalue weighted by Gasteiger charge is -2.47. The number of hydrogen-bond acceptors (Lipinski definition) is 5. The largest absolute Gasteiger partial charge is 0.784 e. The zero-order valence-corrected chi connectivity index (χ0v) is 9.62. The van der Waals surface area contributed by atoms with Gasteiger partial charge in [0.1, 0.15) is 0 Å². The topological polar surface area (TPSA) is 60.4 Å². The Kier molecular flexibility index (Phi) is 0.934. The molecular weight excluding hydrogens is 246 g/mol. The molecule has 0 bridgehead atoms. The summed E-state index contributed by atoms with van der Waals surface area (Å²) in [6.07, 6.45) is 0.455. The molecule has 0 unspecified atom stereocenters. The summed E-state index contributed by atoms with van der Waals surface area (Å²) >= 11 is 0. The molecule has 4 nitrogen and oxygen atoms in total. The Bertz CT molecular complexity index is 835. The van der Waals surface area contributed by atoms with Crippen molar-refractivity contribution >= 4 is 19.7 Å². The van der Waals surface area contributed by atoms with E-state index in [1.54, 1.807) is 0 Å². The average Bonchev–Trinajstić information content (AvgIpc) is 2.59. The third-order valence-electron chi connectivity index (χ3n) is 1.57. The van der Waals surface area contributed by atoms with Gasteiger partial charge in [0.05, 0.1) is 1.37 Å². The molecule has 0 atom stereocenters. The molecule has 0 saturated heterocycles. The quantitative estimate of drug-likeness (QED) is 0.584. The second kappa shape index (κ2) is 4.01. The molecule has 0 spiro atoms. The molecule has 0 amide bonds. The molecule has 1 aliphatic heterocycles. The van der Waals surface area contributed by atoms with Crippen molar-refractivity contribution in [2.45, 2.75) is 38.5 Å². The highest BCUT2D eigenvalue weighted by molar-refractivity contribution is 8.71. The summed E-state index contributed by atoms with van der Waals surface area (Å²) in [4.78, 5) is 0. The van der Waals surface area contributed by atoms with Crippen molar-refractivity contribution in [2.24, 2.45) is 0 Å². The van der Waals surface area contributed by atoms with Crippen molar-refractivity contribution in [3.05, 3.63) is 16.8 Å². The van der Waals surface area contributed by atoms with Gasteiger partial charge in [-0.2, -0.15) is 0 Å². The highest BCUT2D eigenvalue weighted by Gasteiger charge is 2.39. The van der Waals surface area contributed by atoms with Crippen LogP contribution in [0.2, 0.25) is 0 Å². The highest BCUT2D eigenvalue weighted by Crippen LogP contribution is 2.40. The molecule has 0 fully saturated rings. The molecule has 1 rings (SSSR count). The summed E-state index contributed by atoms with van der Waals surface area (Å²) in [6, 6.07) is -1.95. The molecule has 0 aromatic rings. The molecule has 94 valence electrons. The van der Waals surface area contributed by atoms with Gasteiger partial charge in [0, 0.05) is 42.2 Å². The van der Waals surface area contributed by atoms with Crippen LogP contribution >= 0.6 is 10.8 Å². The van der Waals surface area contributed by atoms with Gasteiger partial charge >= 0.3 is 0 Å². The molecular formula is C10H18NO3S2-. The van der Waals surface area contributed by atoms with Gasteiger partial charge in [-0.3, -0.25) is 0 Å². The summed E-state index contributed by atoms with van der Waals surface area (Å²) in [5, 5.41) is 12.1. The van der Waals surface area contributed by atoms with E-state index in [0.29, 0.717) is 6.26 Å². The third kappa shape index (κ3) is 2.80. The number of hydrogen-bond donors (Lipinski definition) is 0. The van der Waals surface area contributed by atoms with Crippen molar-refractivity contribution in [1.82, 2.24) is 5.06 Å². The fourth-order valence-electron chi connectivity index (χ4n) is 0.892. The van der Waals surface area contributed by atoms with Crippen LogP contribution in [0.25, 0.3) is 0 Å². The summed E-state index contributed by atoms with van der Waals surface area (Å²) in [5.74, 6) is 0. The van der Waals surface area contributed by atoms with Gasteiger partial charge in [0.15, 0.2) is 8.87 Å². The van der Waals surface area contributed by atoms with Crippen LogP contribution in [-0.2, 0) is 8.87 Å². The van der Waals surface area contributed by atoms with Crippen LogP contribution < -0.4 is 0 Å². The Morgan fingerprint density at radius 3 is 2.69 bits per heavy atom. The van der Waals surface area contributed by atoms with Gasteiger partial charge in [0.25, 0.3) is 0 Å². The summed E-state index contributed by atoms with van der Waals surface area (Å²) < 4.78 is 140. The second-order valence-corrected chi connectivity index (χ2v) is 7.20. The predicted molar refractivity (Wildman–Crippen MR) is 68.7 cm³/mol. The zero-order valence-electron chi connectivity index (χ0n) is 23.0.